The lowest BCUT2D eigenvalue weighted by Crippen LogP contribution is -2.42. The van der Waals surface area contributed by atoms with Crippen LogP contribution in [-0.4, -0.2) is 27.0 Å². The number of nitrogens with zero attached hydrogens (tertiary/aromatic N) is 2. The van der Waals surface area contributed by atoms with Gasteiger partial charge in [0, 0.05) is 24.3 Å². The summed E-state index contributed by atoms with van der Waals surface area (Å²) >= 11 is 0. The highest BCUT2D eigenvalue weighted by atomic mass is 16.2. The van der Waals surface area contributed by atoms with Gasteiger partial charge in [-0.05, 0) is 20.8 Å². The number of amides is 1. The zero-order chi connectivity index (χ0) is 13.8. The van der Waals surface area contributed by atoms with E-state index in [4.69, 9.17) is 0 Å². The minimum Gasteiger partial charge on any atom is -0.350 e. The second kappa shape index (κ2) is 6.00. The van der Waals surface area contributed by atoms with Crippen molar-refractivity contribution in [1.29, 1.82) is 0 Å². The third kappa shape index (κ3) is 5.82. The fourth-order valence-corrected chi connectivity index (χ4v) is 1.52. The van der Waals surface area contributed by atoms with Gasteiger partial charge >= 0.3 is 0 Å². The Hall–Kier alpha value is -1.36. The van der Waals surface area contributed by atoms with Crippen LogP contribution in [0.3, 0.4) is 0 Å². The first kappa shape index (κ1) is 14.7. The smallest absolute Gasteiger partial charge is 0.240 e. The summed E-state index contributed by atoms with van der Waals surface area (Å²) in [7, 11) is 0. The van der Waals surface area contributed by atoms with Gasteiger partial charge in [-0.2, -0.15) is 0 Å². The number of carbonyl (C=O) groups excluding carboxylic acids is 1. The molecule has 5 nitrogen and oxygen atoms in total. The Labute approximate surface area is 109 Å². The zero-order valence-corrected chi connectivity index (χ0v) is 11.9. The number of imidazole rings is 1. The standard InChI is InChI=1S/C13H24N4O/c1-10(2)14-6-11-7-17(9-15-11)8-12(18)16-13(3,4)5/h7,9-10,14H,6,8H2,1-5H3,(H,16,18). The first-order chi connectivity index (χ1) is 8.26. The van der Waals surface area contributed by atoms with Gasteiger partial charge in [0.25, 0.3) is 0 Å². The second-order valence-electron chi connectivity index (χ2n) is 5.87. The SMILES string of the molecule is CC(C)NCc1cn(CC(=O)NC(C)(C)C)cn1. The number of carbonyl (C=O) groups is 1. The molecule has 102 valence electrons. The van der Waals surface area contributed by atoms with Gasteiger partial charge in [0.2, 0.25) is 5.91 Å². The van der Waals surface area contributed by atoms with Gasteiger partial charge in [0.15, 0.2) is 0 Å². The maximum absolute atomic E-state index is 11.7. The molecule has 0 saturated heterocycles. The molecule has 0 aliphatic rings. The summed E-state index contributed by atoms with van der Waals surface area (Å²) in [6, 6.07) is 0.430. The fourth-order valence-electron chi connectivity index (χ4n) is 1.52. The van der Waals surface area contributed by atoms with E-state index in [1.807, 2.05) is 27.0 Å². The normalized spacial score (nSPS) is 11.9. The highest BCUT2D eigenvalue weighted by Gasteiger charge is 2.13. The molecule has 2 N–H and O–H groups in total. The Kier molecular flexibility index (Phi) is 4.90. The van der Waals surface area contributed by atoms with Crippen molar-refractivity contribution in [3.8, 4) is 0 Å². The number of hydrogen-bond acceptors (Lipinski definition) is 3. The molecule has 1 rings (SSSR count). The molecular formula is C13H24N4O. The molecule has 1 aromatic heterocycles. The molecule has 5 heteroatoms. The van der Waals surface area contributed by atoms with Crippen molar-refractivity contribution >= 4 is 5.91 Å². The lowest BCUT2D eigenvalue weighted by atomic mass is 10.1. The molecule has 0 bridgehead atoms. The summed E-state index contributed by atoms with van der Waals surface area (Å²) in [5.41, 5.74) is 0.756. The van der Waals surface area contributed by atoms with Gasteiger partial charge in [0.1, 0.15) is 6.54 Å². The van der Waals surface area contributed by atoms with Crippen molar-refractivity contribution in [3.05, 3.63) is 18.2 Å². The van der Waals surface area contributed by atoms with Crippen molar-refractivity contribution in [2.75, 3.05) is 0 Å². The fraction of sp³-hybridized carbons (Fsp3) is 0.692. The summed E-state index contributed by atoms with van der Waals surface area (Å²) in [6.07, 6.45) is 3.59. The second-order valence-corrected chi connectivity index (χ2v) is 5.87. The first-order valence-corrected chi connectivity index (χ1v) is 6.31. The van der Waals surface area contributed by atoms with Crippen molar-refractivity contribution in [2.45, 2.75) is 59.3 Å². The largest absolute Gasteiger partial charge is 0.350 e. The van der Waals surface area contributed by atoms with E-state index in [0.717, 1.165) is 12.2 Å². The summed E-state index contributed by atoms with van der Waals surface area (Å²) in [5, 5.41) is 6.21. The minimum absolute atomic E-state index is 0.00303. The van der Waals surface area contributed by atoms with Crippen LogP contribution in [0.5, 0.6) is 0 Å². The van der Waals surface area contributed by atoms with E-state index in [2.05, 4.69) is 29.5 Å². The predicted molar refractivity (Wildman–Crippen MR) is 72.1 cm³/mol. The third-order valence-electron chi connectivity index (χ3n) is 2.22. The summed E-state index contributed by atoms with van der Waals surface area (Å²) in [5.74, 6) is 0.00303. The molecule has 0 aromatic carbocycles. The average molecular weight is 252 g/mol. The van der Waals surface area contributed by atoms with E-state index in [1.54, 1.807) is 10.9 Å². The predicted octanol–water partition coefficient (Wildman–Crippen LogP) is 1.30. The molecule has 1 heterocycles. The van der Waals surface area contributed by atoms with Crippen LogP contribution < -0.4 is 10.6 Å². The molecule has 0 aliphatic heterocycles. The van der Waals surface area contributed by atoms with Crippen LogP contribution in [0.2, 0.25) is 0 Å². The van der Waals surface area contributed by atoms with E-state index in [1.165, 1.54) is 0 Å². The Morgan fingerprint density at radius 3 is 2.67 bits per heavy atom. The third-order valence-corrected chi connectivity index (χ3v) is 2.22. The van der Waals surface area contributed by atoms with Crippen LogP contribution in [0.4, 0.5) is 0 Å². The highest BCUT2D eigenvalue weighted by Crippen LogP contribution is 2.00. The van der Waals surface area contributed by atoms with Gasteiger partial charge in [-0.3, -0.25) is 4.79 Å². The summed E-state index contributed by atoms with van der Waals surface area (Å²) < 4.78 is 1.80. The van der Waals surface area contributed by atoms with Crippen LogP contribution in [0.1, 0.15) is 40.3 Å². The van der Waals surface area contributed by atoms with Crippen LogP contribution in [-0.2, 0) is 17.9 Å². The Bertz CT molecular complexity index is 390. The Morgan fingerprint density at radius 1 is 1.44 bits per heavy atom. The average Bonchev–Trinajstić information content (AvgIpc) is 2.59. The van der Waals surface area contributed by atoms with Crippen LogP contribution in [0, 0.1) is 0 Å². The van der Waals surface area contributed by atoms with Crippen LogP contribution in [0.25, 0.3) is 0 Å². The number of rotatable bonds is 5. The van der Waals surface area contributed by atoms with Gasteiger partial charge < -0.3 is 15.2 Å². The van der Waals surface area contributed by atoms with Gasteiger partial charge in [0.05, 0.1) is 12.0 Å². The Balaban J connectivity index is 2.46. The van der Waals surface area contributed by atoms with Crippen molar-refractivity contribution < 1.29 is 4.79 Å². The molecule has 0 spiro atoms. The molecule has 0 radical (unpaired) electrons. The van der Waals surface area contributed by atoms with Gasteiger partial charge in [-0.15, -0.1) is 0 Å². The van der Waals surface area contributed by atoms with E-state index < -0.39 is 0 Å². The topological polar surface area (TPSA) is 59.0 Å². The first-order valence-electron chi connectivity index (χ1n) is 6.31. The molecule has 0 atom stereocenters. The van der Waals surface area contributed by atoms with Gasteiger partial charge in [-0.25, -0.2) is 4.98 Å². The van der Waals surface area contributed by atoms with E-state index in [-0.39, 0.29) is 11.4 Å². The van der Waals surface area contributed by atoms with E-state index in [0.29, 0.717) is 12.6 Å². The molecule has 0 unspecified atom stereocenters. The van der Waals surface area contributed by atoms with Crippen LogP contribution >= 0.6 is 0 Å². The number of aromatic nitrogens is 2. The highest BCUT2D eigenvalue weighted by molar-refractivity contribution is 5.76. The van der Waals surface area contributed by atoms with Crippen LogP contribution in [0.15, 0.2) is 12.5 Å². The molecule has 0 fully saturated rings. The van der Waals surface area contributed by atoms with Gasteiger partial charge in [-0.1, -0.05) is 13.8 Å². The lowest BCUT2D eigenvalue weighted by Gasteiger charge is -2.20. The molecule has 1 aromatic rings. The van der Waals surface area contributed by atoms with Crippen molar-refractivity contribution in [3.63, 3.8) is 0 Å². The molecular weight excluding hydrogens is 228 g/mol. The molecule has 0 aliphatic carbocycles. The number of nitrogens with one attached hydrogen (secondary N) is 2. The lowest BCUT2D eigenvalue weighted by molar-refractivity contribution is -0.123. The maximum Gasteiger partial charge on any atom is 0.240 e. The molecule has 18 heavy (non-hydrogen) atoms. The summed E-state index contributed by atoms with van der Waals surface area (Å²) in [6.45, 7) is 11.1. The maximum atomic E-state index is 11.7. The van der Waals surface area contributed by atoms with Crippen molar-refractivity contribution in [2.24, 2.45) is 0 Å². The quantitative estimate of drug-likeness (QED) is 0.830. The summed E-state index contributed by atoms with van der Waals surface area (Å²) in [4.78, 5) is 16.0. The molecule has 1 amide bonds. The number of hydrogen-bond donors (Lipinski definition) is 2. The zero-order valence-electron chi connectivity index (χ0n) is 11.9. The van der Waals surface area contributed by atoms with E-state index >= 15 is 0 Å². The molecule has 0 saturated carbocycles. The minimum atomic E-state index is -0.195. The van der Waals surface area contributed by atoms with E-state index in [9.17, 15) is 4.79 Å². The van der Waals surface area contributed by atoms with Crippen molar-refractivity contribution in [1.82, 2.24) is 20.2 Å². The Morgan fingerprint density at radius 2 is 2.11 bits per heavy atom. The monoisotopic (exact) mass is 252 g/mol.